The SMILES string of the molecule is CCNC(=NCc1cccc(Cn2cncn2)c1)N1CCCC(C(=O)OCC)C1. The monoisotopic (exact) mass is 398 g/mol. The van der Waals surface area contributed by atoms with Crippen molar-refractivity contribution < 1.29 is 9.53 Å². The van der Waals surface area contributed by atoms with Gasteiger partial charge in [0, 0.05) is 19.6 Å². The Morgan fingerprint density at radius 3 is 2.97 bits per heavy atom. The second-order valence-corrected chi connectivity index (χ2v) is 7.12. The lowest BCUT2D eigenvalue weighted by Crippen LogP contribution is -2.48. The van der Waals surface area contributed by atoms with Gasteiger partial charge in [0.25, 0.3) is 0 Å². The number of benzene rings is 1. The Morgan fingerprint density at radius 2 is 2.21 bits per heavy atom. The van der Waals surface area contributed by atoms with Gasteiger partial charge in [0.1, 0.15) is 12.7 Å². The highest BCUT2D eigenvalue weighted by Crippen LogP contribution is 2.18. The van der Waals surface area contributed by atoms with Crippen LogP contribution in [0.5, 0.6) is 0 Å². The topological polar surface area (TPSA) is 84.6 Å². The summed E-state index contributed by atoms with van der Waals surface area (Å²) in [5, 5.41) is 7.53. The summed E-state index contributed by atoms with van der Waals surface area (Å²) in [6, 6.07) is 8.35. The van der Waals surface area contributed by atoms with Crippen molar-refractivity contribution in [2.45, 2.75) is 39.8 Å². The van der Waals surface area contributed by atoms with Gasteiger partial charge in [-0.05, 0) is 37.8 Å². The minimum atomic E-state index is -0.103. The number of nitrogens with one attached hydrogen (secondary N) is 1. The van der Waals surface area contributed by atoms with E-state index >= 15 is 0 Å². The summed E-state index contributed by atoms with van der Waals surface area (Å²) >= 11 is 0. The Labute approximate surface area is 172 Å². The van der Waals surface area contributed by atoms with Gasteiger partial charge in [-0.2, -0.15) is 5.10 Å². The average molecular weight is 399 g/mol. The fourth-order valence-electron chi connectivity index (χ4n) is 3.54. The number of nitrogens with zero attached hydrogens (tertiary/aromatic N) is 5. The van der Waals surface area contributed by atoms with Crippen LogP contribution in [-0.4, -0.2) is 57.8 Å². The van der Waals surface area contributed by atoms with Crippen molar-refractivity contribution in [2.24, 2.45) is 10.9 Å². The molecule has 1 aliphatic heterocycles. The molecule has 1 aliphatic rings. The van der Waals surface area contributed by atoms with Crippen LogP contribution in [0.3, 0.4) is 0 Å². The van der Waals surface area contributed by atoms with Gasteiger partial charge < -0.3 is 15.0 Å². The molecule has 0 saturated carbocycles. The smallest absolute Gasteiger partial charge is 0.310 e. The van der Waals surface area contributed by atoms with Gasteiger partial charge in [0.2, 0.25) is 0 Å². The third-order valence-corrected chi connectivity index (χ3v) is 4.89. The van der Waals surface area contributed by atoms with Gasteiger partial charge in [-0.25, -0.2) is 14.7 Å². The molecule has 3 rings (SSSR count). The Balaban J connectivity index is 1.66. The fraction of sp³-hybridized carbons (Fsp3) is 0.524. The highest BCUT2D eigenvalue weighted by atomic mass is 16.5. The molecule has 0 bridgehead atoms. The number of carbonyl (C=O) groups excluding carboxylic acids is 1. The van der Waals surface area contributed by atoms with Crippen molar-refractivity contribution in [3.8, 4) is 0 Å². The first kappa shape index (κ1) is 20.8. The average Bonchev–Trinajstić information content (AvgIpc) is 3.25. The zero-order valence-electron chi connectivity index (χ0n) is 17.3. The molecule has 1 N–H and O–H groups in total. The maximum Gasteiger partial charge on any atom is 0.310 e. The van der Waals surface area contributed by atoms with Crippen molar-refractivity contribution in [1.29, 1.82) is 0 Å². The number of hydrogen-bond acceptors (Lipinski definition) is 5. The van der Waals surface area contributed by atoms with Crippen LogP contribution in [0.2, 0.25) is 0 Å². The van der Waals surface area contributed by atoms with E-state index < -0.39 is 0 Å². The number of likely N-dealkylation sites (tertiary alicyclic amines) is 1. The maximum atomic E-state index is 12.2. The molecule has 0 radical (unpaired) electrons. The molecule has 2 heterocycles. The largest absolute Gasteiger partial charge is 0.466 e. The van der Waals surface area contributed by atoms with Gasteiger partial charge >= 0.3 is 5.97 Å². The Hall–Kier alpha value is -2.90. The van der Waals surface area contributed by atoms with Crippen molar-refractivity contribution in [1.82, 2.24) is 25.0 Å². The number of piperidine rings is 1. The van der Waals surface area contributed by atoms with Crippen LogP contribution < -0.4 is 5.32 Å². The van der Waals surface area contributed by atoms with E-state index in [2.05, 4.69) is 45.4 Å². The van der Waals surface area contributed by atoms with Gasteiger partial charge in [0.15, 0.2) is 5.96 Å². The minimum Gasteiger partial charge on any atom is -0.466 e. The van der Waals surface area contributed by atoms with Gasteiger partial charge in [-0.15, -0.1) is 0 Å². The van der Waals surface area contributed by atoms with E-state index in [0.29, 0.717) is 26.2 Å². The standard InChI is InChI=1S/C21H30N6O2/c1-3-23-21(26-10-6-9-19(14-26)20(28)29-4-2)24-12-17-7-5-8-18(11-17)13-27-16-22-15-25-27/h5,7-8,11,15-16,19H,3-4,6,9-10,12-14H2,1-2H3,(H,23,24). The van der Waals surface area contributed by atoms with E-state index in [1.165, 1.54) is 0 Å². The molecule has 2 aromatic rings. The van der Waals surface area contributed by atoms with Crippen molar-refractivity contribution in [3.63, 3.8) is 0 Å². The number of carbonyl (C=O) groups is 1. The lowest BCUT2D eigenvalue weighted by Gasteiger charge is -2.34. The summed E-state index contributed by atoms with van der Waals surface area (Å²) in [5.41, 5.74) is 2.30. The van der Waals surface area contributed by atoms with Crippen LogP contribution in [0.1, 0.15) is 37.8 Å². The van der Waals surface area contributed by atoms with E-state index in [1.54, 1.807) is 17.3 Å². The van der Waals surface area contributed by atoms with Crippen LogP contribution in [0.15, 0.2) is 41.9 Å². The van der Waals surface area contributed by atoms with Crippen LogP contribution in [-0.2, 0) is 22.6 Å². The number of aliphatic imine (C=N–C) groups is 1. The normalized spacial score (nSPS) is 17.2. The first-order valence-electron chi connectivity index (χ1n) is 10.3. The third kappa shape index (κ3) is 6.04. The number of esters is 1. The molecule has 1 aromatic carbocycles. The molecular formula is C21H30N6O2. The van der Waals surface area contributed by atoms with Crippen LogP contribution in [0.4, 0.5) is 0 Å². The number of ether oxygens (including phenoxy) is 1. The summed E-state index contributed by atoms with van der Waals surface area (Å²) in [6.07, 6.45) is 5.09. The molecule has 0 spiro atoms. The van der Waals surface area contributed by atoms with Crippen molar-refractivity contribution in [3.05, 3.63) is 48.0 Å². The second kappa shape index (κ2) is 10.6. The highest BCUT2D eigenvalue weighted by molar-refractivity contribution is 5.81. The quantitative estimate of drug-likeness (QED) is 0.437. The van der Waals surface area contributed by atoms with Gasteiger partial charge in [0.05, 0.1) is 25.6 Å². The molecule has 1 aromatic heterocycles. The third-order valence-electron chi connectivity index (χ3n) is 4.89. The lowest BCUT2D eigenvalue weighted by molar-refractivity contribution is -0.149. The number of aromatic nitrogens is 3. The lowest BCUT2D eigenvalue weighted by atomic mass is 9.98. The van der Waals surface area contributed by atoms with Gasteiger partial charge in [-0.1, -0.05) is 24.3 Å². The summed E-state index contributed by atoms with van der Waals surface area (Å²) < 4.78 is 7.02. The minimum absolute atomic E-state index is 0.0847. The van der Waals surface area contributed by atoms with E-state index in [0.717, 1.165) is 43.0 Å². The summed E-state index contributed by atoms with van der Waals surface area (Å²) in [7, 11) is 0. The van der Waals surface area contributed by atoms with Crippen molar-refractivity contribution in [2.75, 3.05) is 26.2 Å². The summed E-state index contributed by atoms with van der Waals surface area (Å²) in [6.45, 7) is 7.92. The maximum absolute atomic E-state index is 12.2. The van der Waals surface area contributed by atoms with Crippen LogP contribution >= 0.6 is 0 Å². The zero-order valence-corrected chi connectivity index (χ0v) is 17.3. The predicted molar refractivity (Wildman–Crippen MR) is 111 cm³/mol. The summed E-state index contributed by atoms with van der Waals surface area (Å²) in [5.74, 6) is 0.663. The molecule has 1 unspecified atom stereocenters. The Morgan fingerprint density at radius 1 is 1.34 bits per heavy atom. The zero-order chi connectivity index (χ0) is 20.5. The number of guanidine groups is 1. The van der Waals surface area contributed by atoms with Gasteiger partial charge in [-0.3, -0.25) is 4.79 Å². The van der Waals surface area contributed by atoms with E-state index in [1.807, 2.05) is 13.0 Å². The summed E-state index contributed by atoms with van der Waals surface area (Å²) in [4.78, 5) is 23.1. The number of rotatable bonds is 7. The molecule has 29 heavy (non-hydrogen) atoms. The predicted octanol–water partition coefficient (Wildman–Crippen LogP) is 2.07. The second-order valence-electron chi connectivity index (χ2n) is 7.12. The number of hydrogen-bond donors (Lipinski definition) is 1. The van der Waals surface area contributed by atoms with E-state index in [9.17, 15) is 4.79 Å². The molecule has 0 aliphatic carbocycles. The molecule has 1 atom stereocenters. The molecule has 1 saturated heterocycles. The first-order chi connectivity index (χ1) is 14.2. The molecule has 1 fully saturated rings. The molecule has 156 valence electrons. The van der Waals surface area contributed by atoms with Crippen LogP contribution in [0.25, 0.3) is 0 Å². The van der Waals surface area contributed by atoms with Crippen LogP contribution in [0, 0.1) is 5.92 Å². The highest BCUT2D eigenvalue weighted by Gasteiger charge is 2.28. The van der Waals surface area contributed by atoms with Crippen molar-refractivity contribution >= 4 is 11.9 Å². The van der Waals surface area contributed by atoms with E-state index in [-0.39, 0.29) is 11.9 Å². The Bertz CT molecular complexity index is 805. The fourth-order valence-corrected chi connectivity index (χ4v) is 3.54. The molecular weight excluding hydrogens is 368 g/mol. The molecule has 8 heteroatoms. The van der Waals surface area contributed by atoms with E-state index in [4.69, 9.17) is 9.73 Å². The molecule has 0 amide bonds. The first-order valence-corrected chi connectivity index (χ1v) is 10.3. The molecule has 8 nitrogen and oxygen atoms in total. The Kier molecular flexibility index (Phi) is 7.61.